The lowest BCUT2D eigenvalue weighted by molar-refractivity contribution is 0.491. The van der Waals surface area contributed by atoms with Crippen LogP contribution in [0.1, 0.15) is 35.5 Å². The molecule has 1 heterocycles. The van der Waals surface area contributed by atoms with Crippen molar-refractivity contribution in [1.82, 2.24) is 14.9 Å². The Morgan fingerprint density at radius 2 is 2.14 bits per heavy atom. The Kier molecular flexibility index (Phi) is 5.78. The van der Waals surface area contributed by atoms with Crippen LogP contribution in [-0.4, -0.2) is 16.1 Å². The number of hydrogen-bond acceptors (Lipinski definition) is 4. The lowest BCUT2D eigenvalue weighted by Crippen LogP contribution is -2.24. The van der Waals surface area contributed by atoms with Crippen molar-refractivity contribution in [2.45, 2.75) is 32.7 Å². The average molecular weight is 376 g/mol. The van der Waals surface area contributed by atoms with Crippen molar-refractivity contribution in [2.24, 2.45) is 0 Å². The number of hydrogen-bond donors (Lipinski definition) is 1. The summed E-state index contributed by atoms with van der Waals surface area (Å²) in [5.41, 5.74) is 0.871. The standard InChI is InChI=1S/C14H16BrF2N3S/c1-3-6-18-12(14-8(2)19-20-21-14)7-9-11(16)5-4-10(15)13(9)17/h4-5,12,18H,3,6-7H2,1-2H3. The third-order valence-corrected chi connectivity index (χ3v) is 4.74. The molecule has 0 aliphatic rings. The molecule has 1 unspecified atom stereocenters. The van der Waals surface area contributed by atoms with Gasteiger partial charge in [-0.05, 0) is 65.9 Å². The van der Waals surface area contributed by atoms with Gasteiger partial charge in [0.2, 0.25) is 0 Å². The third-order valence-electron chi connectivity index (χ3n) is 3.19. The van der Waals surface area contributed by atoms with Crippen LogP contribution >= 0.6 is 27.5 Å². The van der Waals surface area contributed by atoms with Gasteiger partial charge in [0.15, 0.2) is 0 Å². The van der Waals surface area contributed by atoms with Crippen molar-refractivity contribution in [1.29, 1.82) is 0 Å². The first-order valence-corrected chi connectivity index (χ1v) is 8.25. The molecule has 0 radical (unpaired) electrons. The van der Waals surface area contributed by atoms with Gasteiger partial charge in [-0.25, -0.2) is 8.78 Å². The van der Waals surface area contributed by atoms with Gasteiger partial charge in [0.25, 0.3) is 0 Å². The summed E-state index contributed by atoms with van der Waals surface area (Å²) in [4.78, 5) is 0.919. The Hall–Kier alpha value is -0.920. The van der Waals surface area contributed by atoms with Crippen molar-refractivity contribution in [3.05, 3.63) is 44.4 Å². The maximum atomic E-state index is 14.1. The second-order valence-electron chi connectivity index (χ2n) is 4.76. The quantitative estimate of drug-likeness (QED) is 0.769. The molecule has 21 heavy (non-hydrogen) atoms. The molecule has 114 valence electrons. The Labute approximate surface area is 135 Å². The van der Waals surface area contributed by atoms with Crippen molar-refractivity contribution < 1.29 is 8.78 Å². The predicted molar refractivity (Wildman–Crippen MR) is 83.4 cm³/mol. The fraction of sp³-hybridized carbons (Fsp3) is 0.429. The minimum atomic E-state index is -0.548. The van der Waals surface area contributed by atoms with Crippen LogP contribution in [-0.2, 0) is 6.42 Å². The number of rotatable bonds is 6. The van der Waals surface area contributed by atoms with Crippen LogP contribution in [0.5, 0.6) is 0 Å². The largest absolute Gasteiger partial charge is 0.309 e. The van der Waals surface area contributed by atoms with E-state index in [2.05, 4.69) is 30.8 Å². The van der Waals surface area contributed by atoms with E-state index in [1.54, 1.807) is 0 Å². The molecule has 0 bridgehead atoms. The zero-order valence-corrected chi connectivity index (χ0v) is 14.2. The van der Waals surface area contributed by atoms with Crippen molar-refractivity contribution in [3.8, 4) is 0 Å². The summed E-state index contributed by atoms with van der Waals surface area (Å²) < 4.78 is 32.3. The topological polar surface area (TPSA) is 37.8 Å². The molecule has 2 aromatic rings. The summed E-state index contributed by atoms with van der Waals surface area (Å²) in [6.07, 6.45) is 1.16. The molecule has 1 atom stereocenters. The maximum Gasteiger partial charge on any atom is 0.143 e. The summed E-state index contributed by atoms with van der Waals surface area (Å²) in [6.45, 7) is 4.66. The Bertz CT molecular complexity index is 618. The van der Waals surface area contributed by atoms with E-state index in [0.717, 1.165) is 23.5 Å². The number of nitrogens with zero attached hydrogens (tertiary/aromatic N) is 2. The SMILES string of the molecule is CCCNC(Cc1c(F)ccc(Br)c1F)c1snnc1C. The van der Waals surface area contributed by atoms with Gasteiger partial charge in [0, 0.05) is 11.6 Å². The fourth-order valence-electron chi connectivity index (χ4n) is 2.09. The molecule has 1 N–H and O–H groups in total. The van der Waals surface area contributed by atoms with E-state index in [0.29, 0.717) is 0 Å². The van der Waals surface area contributed by atoms with Gasteiger partial charge in [0.1, 0.15) is 11.6 Å². The van der Waals surface area contributed by atoms with Crippen LogP contribution < -0.4 is 5.32 Å². The molecule has 0 aliphatic heterocycles. The van der Waals surface area contributed by atoms with Gasteiger partial charge in [-0.15, -0.1) is 5.10 Å². The Morgan fingerprint density at radius 3 is 2.76 bits per heavy atom. The lowest BCUT2D eigenvalue weighted by Gasteiger charge is -2.18. The summed E-state index contributed by atoms with van der Waals surface area (Å²) in [6, 6.07) is 2.46. The predicted octanol–water partition coefficient (Wildman–Crippen LogP) is 4.17. The molecule has 0 amide bonds. The molecule has 0 saturated heterocycles. The minimum Gasteiger partial charge on any atom is -0.309 e. The molecule has 0 saturated carbocycles. The normalized spacial score (nSPS) is 12.6. The molecular formula is C14H16BrF2N3S. The van der Waals surface area contributed by atoms with Gasteiger partial charge in [0.05, 0.1) is 15.0 Å². The van der Waals surface area contributed by atoms with Gasteiger partial charge < -0.3 is 5.32 Å². The zero-order chi connectivity index (χ0) is 15.4. The second-order valence-corrected chi connectivity index (χ2v) is 6.40. The molecule has 3 nitrogen and oxygen atoms in total. The van der Waals surface area contributed by atoms with E-state index in [9.17, 15) is 8.78 Å². The maximum absolute atomic E-state index is 14.1. The Morgan fingerprint density at radius 1 is 1.38 bits per heavy atom. The first-order valence-electron chi connectivity index (χ1n) is 6.69. The third kappa shape index (κ3) is 3.84. The number of aromatic nitrogens is 2. The van der Waals surface area contributed by atoms with Crippen LogP contribution in [0.3, 0.4) is 0 Å². The second kappa shape index (κ2) is 7.38. The fourth-order valence-corrected chi connectivity index (χ4v) is 3.18. The highest BCUT2D eigenvalue weighted by atomic mass is 79.9. The highest BCUT2D eigenvalue weighted by Crippen LogP contribution is 2.28. The van der Waals surface area contributed by atoms with E-state index >= 15 is 0 Å². The van der Waals surface area contributed by atoms with Crippen LogP contribution in [0.4, 0.5) is 8.78 Å². The lowest BCUT2D eigenvalue weighted by atomic mass is 10.0. The summed E-state index contributed by atoms with van der Waals surface area (Å²) in [7, 11) is 0. The smallest absolute Gasteiger partial charge is 0.143 e. The van der Waals surface area contributed by atoms with Crippen LogP contribution in [0.15, 0.2) is 16.6 Å². The number of benzene rings is 1. The van der Waals surface area contributed by atoms with E-state index in [4.69, 9.17) is 0 Å². The monoisotopic (exact) mass is 375 g/mol. The molecule has 7 heteroatoms. The minimum absolute atomic E-state index is 0.0748. The zero-order valence-electron chi connectivity index (χ0n) is 11.8. The highest BCUT2D eigenvalue weighted by Gasteiger charge is 2.22. The van der Waals surface area contributed by atoms with Crippen molar-refractivity contribution in [2.75, 3.05) is 6.54 Å². The highest BCUT2D eigenvalue weighted by molar-refractivity contribution is 9.10. The van der Waals surface area contributed by atoms with Crippen molar-refractivity contribution >= 4 is 27.5 Å². The molecule has 1 aromatic carbocycles. The summed E-state index contributed by atoms with van der Waals surface area (Å²) in [5.74, 6) is -1.08. The van der Waals surface area contributed by atoms with Crippen LogP contribution in [0.25, 0.3) is 0 Å². The molecular weight excluding hydrogens is 360 g/mol. The van der Waals surface area contributed by atoms with Gasteiger partial charge in [-0.1, -0.05) is 11.4 Å². The molecule has 2 rings (SSSR count). The number of halogens is 3. The molecule has 0 aliphatic carbocycles. The Balaban J connectivity index is 2.32. The van der Waals surface area contributed by atoms with Crippen LogP contribution in [0.2, 0.25) is 0 Å². The number of nitrogens with one attached hydrogen (secondary N) is 1. The average Bonchev–Trinajstić information content (AvgIpc) is 2.89. The summed E-state index contributed by atoms with van der Waals surface area (Å²) >= 11 is 4.36. The van der Waals surface area contributed by atoms with E-state index in [1.807, 2.05) is 13.8 Å². The summed E-state index contributed by atoms with van der Waals surface area (Å²) in [5, 5.41) is 7.30. The first kappa shape index (κ1) is 16.5. The van der Waals surface area contributed by atoms with Crippen LogP contribution in [0, 0.1) is 18.6 Å². The van der Waals surface area contributed by atoms with Gasteiger partial charge in [-0.3, -0.25) is 0 Å². The van der Waals surface area contributed by atoms with Gasteiger partial charge in [-0.2, -0.15) is 0 Å². The molecule has 0 spiro atoms. The number of aryl methyl sites for hydroxylation is 1. The van der Waals surface area contributed by atoms with Gasteiger partial charge >= 0.3 is 0 Å². The van der Waals surface area contributed by atoms with E-state index in [-0.39, 0.29) is 22.5 Å². The molecule has 0 fully saturated rings. The van der Waals surface area contributed by atoms with Crippen molar-refractivity contribution in [3.63, 3.8) is 0 Å². The van der Waals surface area contributed by atoms with E-state index in [1.165, 1.54) is 23.7 Å². The van der Waals surface area contributed by atoms with E-state index < -0.39 is 11.6 Å². The molecule has 1 aromatic heterocycles. The first-order chi connectivity index (χ1) is 10.0.